The molecule has 4 heteroatoms. The zero-order valence-corrected chi connectivity index (χ0v) is 13.3. The van der Waals surface area contributed by atoms with Gasteiger partial charge in [-0.2, -0.15) is 0 Å². The van der Waals surface area contributed by atoms with E-state index in [-0.39, 0.29) is 18.0 Å². The maximum atomic E-state index is 12.3. The van der Waals surface area contributed by atoms with Crippen molar-refractivity contribution < 1.29 is 19.0 Å². The topological polar surface area (TPSA) is 44.8 Å². The smallest absolute Gasteiger partial charge is 0.138 e. The number of hydrogen-bond donors (Lipinski definition) is 0. The van der Waals surface area contributed by atoms with Gasteiger partial charge in [-0.1, -0.05) is 36.4 Å². The molecule has 1 saturated heterocycles. The minimum atomic E-state index is -0.303. The van der Waals surface area contributed by atoms with Gasteiger partial charge in [-0.15, -0.1) is 0 Å². The van der Waals surface area contributed by atoms with Crippen LogP contribution in [-0.4, -0.2) is 20.0 Å². The highest BCUT2D eigenvalue weighted by atomic mass is 16.5. The van der Waals surface area contributed by atoms with Gasteiger partial charge in [-0.3, -0.25) is 4.79 Å². The molecule has 0 spiro atoms. The molecular formula is C19H20O4. The number of hydrogen-bond acceptors (Lipinski definition) is 4. The van der Waals surface area contributed by atoms with Crippen molar-refractivity contribution in [2.75, 3.05) is 14.2 Å². The molecule has 1 aliphatic heterocycles. The van der Waals surface area contributed by atoms with Crippen molar-refractivity contribution in [1.29, 1.82) is 0 Å². The minimum Gasteiger partial charge on any atom is -0.496 e. The van der Waals surface area contributed by atoms with E-state index in [0.717, 1.165) is 22.6 Å². The molecule has 1 heterocycles. The number of methoxy groups -OCH3 is 2. The first-order chi connectivity index (χ1) is 11.2. The Balaban J connectivity index is 1.92. The Kier molecular flexibility index (Phi) is 4.63. The summed E-state index contributed by atoms with van der Waals surface area (Å²) in [6.07, 6.45) is 0.127. The van der Waals surface area contributed by atoms with Crippen molar-refractivity contribution in [3.63, 3.8) is 0 Å². The third-order valence-electron chi connectivity index (χ3n) is 4.13. The Bertz CT molecular complexity index is 638. The van der Waals surface area contributed by atoms with Crippen LogP contribution >= 0.6 is 0 Å². The van der Waals surface area contributed by atoms with Crippen LogP contribution in [0.15, 0.2) is 48.5 Å². The molecule has 0 bridgehead atoms. The molecule has 2 aromatic carbocycles. The summed E-state index contributed by atoms with van der Waals surface area (Å²) >= 11 is 0. The van der Waals surface area contributed by atoms with Crippen LogP contribution in [0.3, 0.4) is 0 Å². The monoisotopic (exact) mass is 312 g/mol. The summed E-state index contributed by atoms with van der Waals surface area (Å²) in [4.78, 5) is 12.3. The third-order valence-corrected chi connectivity index (χ3v) is 4.13. The van der Waals surface area contributed by atoms with Gasteiger partial charge in [0, 0.05) is 24.0 Å². The fourth-order valence-corrected chi connectivity index (χ4v) is 3.02. The molecule has 0 radical (unpaired) electrons. The van der Waals surface area contributed by atoms with Gasteiger partial charge in [0.05, 0.1) is 26.4 Å². The molecule has 1 fully saturated rings. The third kappa shape index (κ3) is 3.22. The van der Waals surface area contributed by atoms with Crippen molar-refractivity contribution in [3.05, 3.63) is 59.7 Å². The number of Topliss-reactive ketones (excluding diaryl/α,β-unsaturated/α-hetero) is 1. The van der Waals surface area contributed by atoms with Gasteiger partial charge in [0.25, 0.3) is 0 Å². The van der Waals surface area contributed by atoms with E-state index in [1.165, 1.54) is 0 Å². The van der Waals surface area contributed by atoms with Crippen LogP contribution in [0.2, 0.25) is 0 Å². The lowest BCUT2D eigenvalue weighted by molar-refractivity contribution is -0.136. The van der Waals surface area contributed by atoms with E-state index in [2.05, 4.69) is 0 Å². The molecule has 0 amide bonds. The number of carbonyl (C=O) groups excluding carboxylic acids is 1. The number of carbonyl (C=O) groups is 1. The molecule has 0 unspecified atom stereocenters. The van der Waals surface area contributed by atoms with Crippen LogP contribution in [0.25, 0.3) is 0 Å². The Morgan fingerprint density at radius 3 is 1.70 bits per heavy atom. The maximum absolute atomic E-state index is 12.3. The van der Waals surface area contributed by atoms with Gasteiger partial charge < -0.3 is 14.2 Å². The summed E-state index contributed by atoms with van der Waals surface area (Å²) in [5, 5.41) is 0. The maximum Gasteiger partial charge on any atom is 0.138 e. The van der Waals surface area contributed by atoms with Crippen molar-refractivity contribution in [2.45, 2.75) is 25.0 Å². The molecule has 2 atom stereocenters. The average molecular weight is 312 g/mol. The number of rotatable bonds is 4. The van der Waals surface area contributed by atoms with Gasteiger partial charge in [-0.25, -0.2) is 0 Å². The van der Waals surface area contributed by atoms with E-state index < -0.39 is 0 Å². The summed E-state index contributed by atoms with van der Waals surface area (Å²) in [5.74, 6) is 1.67. The standard InChI is InChI=1S/C19H20O4/c1-21-16-9-5-3-7-14(16)18-11-13(20)12-19(23-18)15-8-4-6-10-17(15)22-2/h3-10,18-19H,11-12H2,1-2H3/t18-,19+. The van der Waals surface area contributed by atoms with Gasteiger partial charge in [0.15, 0.2) is 0 Å². The molecule has 0 aliphatic carbocycles. The van der Waals surface area contributed by atoms with E-state index in [0.29, 0.717) is 12.8 Å². The summed E-state index contributed by atoms with van der Waals surface area (Å²) in [6, 6.07) is 15.3. The summed E-state index contributed by atoms with van der Waals surface area (Å²) in [7, 11) is 3.25. The molecule has 0 N–H and O–H groups in total. The Morgan fingerprint density at radius 2 is 1.26 bits per heavy atom. The van der Waals surface area contributed by atoms with Crippen LogP contribution in [0.4, 0.5) is 0 Å². The Labute approximate surface area is 136 Å². The number of para-hydroxylation sites is 2. The molecule has 3 rings (SSSR count). The fourth-order valence-electron chi connectivity index (χ4n) is 3.02. The molecule has 23 heavy (non-hydrogen) atoms. The van der Waals surface area contributed by atoms with E-state index in [1.807, 2.05) is 48.5 Å². The molecular weight excluding hydrogens is 292 g/mol. The summed E-state index contributed by atoms with van der Waals surface area (Å²) in [6.45, 7) is 0. The highest BCUT2D eigenvalue weighted by molar-refractivity contribution is 5.80. The van der Waals surface area contributed by atoms with E-state index in [9.17, 15) is 4.79 Å². The first-order valence-corrected chi connectivity index (χ1v) is 7.66. The van der Waals surface area contributed by atoms with Crippen molar-refractivity contribution in [3.8, 4) is 11.5 Å². The zero-order chi connectivity index (χ0) is 16.2. The molecule has 1 aliphatic rings. The normalized spacial score (nSPS) is 21.0. The fraction of sp³-hybridized carbons (Fsp3) is 0.316. The van der Waals surface area contributed by atoms with Crippen LogP contribution in [-0.2, 0) is 9.53 Å². The lowest BCUT2D eigenvalue weighted by Gasteiger charge is -2.31. The highest BCUT2D eigenvalue weighted by Crippen LogP contribution is 2.42. The Morgan fingerprint density at radius 1 is 0.826 bits per heavy atom. The molecule has 0 saturated carbocycles. The average Bonchev–Trinajstić information content (AvgIpc) is 2.61. The Hall–Kier alpha value is -2.33. The van der Waals surface area contributed by atoms with Crippen LogP contribution in [0.1, 0.15) is 36.2 Å². The van der Waals surface area contributed by atoms with Gasteiger partial charge in [-0.05, 0) is 12.1 Å². The summed E-state index contributed by atoms with van der Waals surface area (Å²) in [5.41, 5.74) is 1.81. The molecule has 4 nitrogen and oxygen atoms in total. The lowest BCUT2D eigenvalue weighted by atomic mass is 9.93. The molecule has 120 valence electrons. The van der Waals surface area contributed by atoms with Crippen LogP contribution < -0.4 is 9.47 Å². The van der Waals surface area contributed by atoms with Crippen molar-refractivity contribution in [2.24, 2.45) is 0 Å². The number of ketones is 1. The second-order valence-electron chi connectivity index (χ2n) is 5.54. The zero-order valence-electron chi connectivity index (χ0n) is 13.3. The molecule has 2 aromatic rings. The van der Waals surface area contributed by atoms with Crippen molar-refractivity contribution >= 4 is 5.78 Å². The molecule has 0 aromatic heterocycles. The SMILES string of the molecule is COc1ccccc1[C@@H]1CC(=O)C[C@H](c2ccccc2OC)O1. The van der Waals surface area contributed by atoms with Gasteiger partial charge in [0.1, 0.15) is 17.3 Å². The van der Waals surface area contributed by atoms with E-state index in [1.54, 1.807) is 14.2 Å². The van der Waals surface area contributed by atoms with Crippen molar-refractivity contribution in [1.82, 2.24) is 0 Å². The first-order valence-electron chi connectivity index (χ1n) is 7.66. The van der Waals surface area contributed by atoms with Gasteiger partial charge in [0.2, 0.25) is 0 Å². The van der Waals surface area contributed by atoms with E-state index >= 15 is 0 Å². The number of ether oxygens (including phenoxy) is 3. The summed E-state index contributed by atoms with van der Waals surface area (Å²) < 4.78 is 17.0. The van der Waals surface area contributed by atoms with Crippen LogP contribution in [0, 0.1) is 0 Å². The largest absolute Gasteiger partial charge is 0.496 e. The second-order valence-corrected chi connectivity index (χ2v) is 5.54. The second kappa shape index (κ2) is 6.84. The minimum absolute atomic E-state index is 0.183. The predicted octanol–water partition coefficient (Wildman–Crippen LogP) is 3.87. The lowest BCUT2D eigenvalue weighted by Crippen LogP contribution is -2.23. The van der Waals surface area contributed by atoms with E-state index in [4.69, 9.17) is 14.2 Å². The van der Waals surface area contributed by atoms with Crippen LogP contribution in [0.5, 0.6) is 11.5 Å². The first kappa shape index (κ1) is 15.6. The highest BCUT2D eigenvalue weighted by Gasteiger charge is 2.32. The van der Waals surface area contributed by atoms with Gasteiger partial charge >= 0.3 is 0 Å². The predicted molar refractivity (Wildman–Crippen MR) is 86.8 cm³/mol. The number of benzene rings is 2. The quantitative estimate of drug-likeness (QED) is 0.860.